The average Bonchev–Trinajstić information content (AvgIpc) is 1.82. The Bertz CT molecular complexity index is 163. The minimum atomic E-state index is -1.23. The van der Waals surface area contributed by atoms with Crippen LogP contribution < -0.4 is 11.5 Å². The fourth-order valence-corrected chi connectivity index (χ4v) is 1.03. The lowest BCUT2D eigenvalue weighted by Crippen LogP contribution is -2.45. The number of primary amides is 1. The van der Waals surface area contributed by atoms with E-state index in [0.29, 0.717) is 6.42 Å². The van der Waals surface area contributed by atoms with E-state index in [4.69, 9.17) is 16.6 Å². The van der Waals surface area contributed by atoms with Crippen LogP contribution >= 0.6 is 0 Å². The molecule has 0 aromatic heterocycles. The zero-order chi connectivity index (χ0) is 9.94. The molecule has 12 heavy (non-hydrogen) atoms. The maximum Gasteiger partial charge on any atom is 0.247 e. The number of hydrogen-bond donors (Lipinski definition) is 3. The molecule has 0 heterocycles. The molecule has 0 aliphatic carbocycles. The highest BCUT2D eigenvalue weighted by molar-refractivity contribution is 5.79. The van der Waals surface area contributed by atoms with E-state index in [0.717, 1.165) is 0 Å². The quantitative estimate of drug-likeness (QED) is 0.543. The second-order valence-electron chi connectivity index (χ2n) is 4.28. The molecule has 0 spiro atoms. The number of aliphatic hydroxyl groups is 1. The molecule has 0 aliphatic heterocycles. The first-order chi connectivity index (χ1) is 5.24. The predicted octanol–water partition coefficient (Wildman–Crippen LogP) is -0.404. The first-order valence-corrected chi connectivity index (χ1v) is 3.97. The van der Waals surface area contributed by atoms with E-state index >= 15 is 0 Å². The first kappa shape index (κ1) is 11.4. The van der Waals surface area contributed by atoms with Crippen molar-refractivity contribution in [1.82, 2.24) is 0 Å². The van der Waals surface area contributed by atoms with Crippen molar-refractivity contribution < 1.29 is 9.90 Å². The summed E-state index contributed by atoms with van der Waals surface area (Å²) in [6.45, 7) is 5.96. The van der Waals surface area contributed by atoms with Crippen molar-refractivity contribution in [2.45, 2.75) is 39.3 Å². The van der Waals surface area contributed by atoms with E-state index in [1.807, 2.05) is 20.8 Å². The van der Waals surface area contributed by atoms with Gasteiger partial charge in [-0.15, -0.1) is 0 Å². The highest BCUT2D eigenvalue weighted by Crippen LogP contribution is 2.20. The lowest BCUT2D eigenvalue weighted by molar-refractivity contribution is -0.127. The molecule has 1 unspecified atom stereocenters. The molecule has 5 N–H and O–H groups in total. The summed E-state index contributed by atoms with van der Waals surface area (Å²) in [4.78, 5) is 10.5. The molecule has 2 atom stereocenters. The third-order valence-electron chi connectivity index (χ3n) is 1.55. The normalized spacial score (nSPS) is 17.1. The molecular weight excluding hydrogens is 156 g/mol. The summed E-state index contributed by atoms with van der Waals surface area (Å²) in [5.74, 6) is -0.758. The van der Waals surface area contributed by atoms with Crippen molar-refractivity contribution in [2.24, 2.45) is 16.9 Å². The molecule has 0 radical (unpaired) electrons. The van der Waals surface area contributed by atoms with Crippen molar-refractivity contribution in [3.63, 3.8) is 0 Å². The van der Waals surface area contributed by atoms with Crippen LogP contribution in [0.3, 0.4) is 0 Å². The van der Waals surface area contributed by atoms with E-state index in [9.17, 15) is 4.79 Å². The van der Waals surface area contributed by atoms with Gasteiger partial charge in [0.2, 0.25) is 5.91 Å². The molecule has 0 saturated carbocycles. The highest BCUT2D eigenvalue weighted by atomic mass is 16.3. The van der Waals surface area contributed by atoms with Gasteiger partial charge in [0.1, 0.15) is 6.10 Å². The summed E-state index contributed by atoms with van der Waals surface area (Å²) in [6.07, 6.45) is -0.666. The van der Waals surface area contributed by atoms with Gasteiger partial charge in [0.05, 0.1) is 0 Å². The Kier molecular flexibility index (Phi) is 3.67. The van der Waals surface area contributed by atoms with Gasteiger partial charge in [-0.3, -0.25) is 4.79 Å². The molecule has 1 amide bonds. The summed E-state index contributed by atoms with van der Waals surface area (Å²) in [6, 6.07) is -0.567. The van der Waals surface area contributed by atoms with Crippen LogP contribution in [0.4, 0.5) is 0 Å². The third-order valence-corrected chi connectivity index (χ3v) is 1.55. The monoisotopic (exact) mass is 174 g/mol. The van der Waals surface area contributed by atoms with Crippen LogP contribution in [0.15, 0.2) is 0 Å². The second kappa shape index (κ2) is 3.87. The van der Waals surface area contributed by atoms with Crippen LogP contribution in [0, 0.1) is 5.41 Å². The van der Waals surface area contributed by atoms with Crippen molar-refractivity contribution in [1.29, 1.82) is 0 Å². The van der Waals surface area contributed by atoms with Gasteiger partial charge in [-0.25, -0.2) is 0 Å². The Morgan fingerprint density at radius 2 is 1.92 bits per heavy atom. The Morgan fingerprint density at radius 1 is 1.50 bits per heavy atom. The van der Waals surface area contributed by atoms with E-state index < -0.39 is 18.1 Å². The molecule has 0 aromatic rings. The van der Waals surface area contributed by atoms with Gasteiger partial charge >= 0.3 is 0 Å². The van der Waals surface area contributed by atoms with Gasteiger partial charge in [0, 0.05) is 6.04 Å². The minimum Gasteiger partial charge on any atom is -0.382 e. The lowest BCUT2D eigenvalue weighted by Gasteiger charge is -2.24. The molecule has 4 nitrogen and oxygen atoms in total. The maximum atomic E-state index is 10.5. The standard InChI is InChI=1S/C8H18N2O2/c1-8(2,3)4-5(9)6(11)7(10)12/h5-6,11H,4,9H2,1-3H3,(H2,10,12)/t5-,6?/m0/s1. The maximum absolute atomic E-state index is 10.5. The third kappa shape index (κ3) is 4.31. The van der Waals surface area contributed by atoms with Crippen LogP contribution in [0.5, 0.6) is 0 Å². The molecular formula is C8H18N2O2. The number of rotatable bonds is 3. The average molecular weight is 174 g/mol. The fourth-order valence-electron chi connectivity index (χ4n) is 1.03. The highest BCUT2D eigenvalue weighted by Gasteiger charge is 2.24. The summed E-state index contributed by atoms with van der Waals surface area (Å²) in [5.41, 5.74) is 10.4. The van der Waals surface area contributed by atoms with Crippen LogP contribution in [-0.4, -0.2) is 23.2 Å². The molecule has 0 rings (SSSR count). The molecule has 0 aliphatic rings. The molecule has 72 valence electrons. The van der Waals surface area contributed by atoms with Crippen LogP contribution in [0.2, 0.25) is 0 Å². The van der Waals surface area contributed by atoms with Crippen LogP contribution in [0.25, 0.3) is 0 Å². The zero-order valence-corrected chi connectivity index (χ0v) is 7.87. The van der Waals surface area contributed by atoms with E-state index in [1.165, 1.54) is 0 Å². The van der Waals surface area contributed by atoms with Gasteiger partial charge in [-0.05, 0) is 11.8 Å². The summed E-state index contributed by atoms with van der Waals surface area (Å²) >= 11 is 0. The van der Waals surface area contributed by atoms with Gasteiger partial charge < -0.3 is 16.6 Å². The number of hydrogen-bond acceptors (Lipinski definition) is 3. The molecule has 0 bridgehead atoms. The smallest absolute Gasteiger partial charge is 0.247 e. The van der Waals surface area contributed by atoms with Crippen molar-refractivity contribution in [3.8, 4) is 0 Å². The largest absolute Gasteiger partial charge is 0.382 e. The minimum absolute atomic E-state index is 0.00412. The van der Waals surface area contributed by atoms with Gasteiger partial charge in [0.15, 0.2) is 0 Å². The van der Waals surface area contributed by atoms with Crippen molar-refractivity contribution in [3.05, 3.63) is 0 Å². The number of aliphatic hydroxyl groups excluding tert-OH is 1. The zero-order valence-electron chi connectivity index (χ0n) is 7.87. The first-order valence-electron chi connectivity index (χ1n) is 3.97. The Labute approximate surface area is 72.9 Å². The van der Waals surface area contributed by atoms with Crippen molar-refractivity contribution >= 4 is 5.91 Å². The second-order valence-corrected chi connectivity index (χ2v) is 4.28. The van der Waals surface area contributed by atoms with E-state index in [1.54, 1.807) is 0 Å². The Morgan fingerprint density at radius 3 is 2.17 bits per heavy atom. The Balaban J connectivity index is 4.04. The summed E-state index contributed by atoms with van der Waals surface area (Å²) < 4.78 is 0. The van der Waals surface area contributed by atoms with Crippen molar-refractivity contribution in [2.75, 3.05) is 0 Å². The van der Waals surface area contributed by atoms with Gasteiger partial charge in [-0.2, -0.15) is 0 Å². The van der Waals surface area contributed by atoms with Gasteiger partial charge in [0.25, 0.3) is 0 Å². The van der Waals surface area contributed by atoms with E-state index in [-0.39, 0.29) is 5.41 Å². The number of nitrogens with two attached hydrogens (primary N) is 2. The lowest BCUT2D eigenvalue weighted by atomic mass is 9.86. The molecule has 0 aromatic carbocycles. The SMILES string of the molecule is CC(C)(C)C[C@H](N)C(O)C(N)=O. The number of carbonyl (C=O) groups is 1. The fraction of sp³-hybridized carbons (Fsp3) is 0.875. The van der Waals surface area contributed by atoms with E-state index in [2.05, 4.69) is 0 Å². The number of amides is 1. The molecule has 0 fully saturated rings. The van der Waals surface area contributed by atoms with Crippen LogP contribution in [0.1, 0.15) is 27.2 Å². The molecule has 4 heteroatoms. The topological polar surface area (TPSA) is 89.3 Å². The summed E-state index contributed by atoms with van der Waals surface area (Å²) in [5, 5.41) is 9.16. The summed E-state index contributed by atoms with van der Waals surface area (Å²) in [7, 11) is 0. The number of carbonyl (C=O) groups excluding carboxylic acids is 1. The Hall–Kier alpha value is -0.610. The molecule has 0 saturated heterocycles. The van der Waals surface area contributed by atoms with Crippen LogP contribution in [-0.2, 0) is 4.79 Å². The van der Waals surface area contributed by atoms with Gasteiger partial charge in [-0.1, -0.05) is 20.8 Å². The predicted molar refractivity (Wildman–Crippen MR) is 47.2 cm³/mol.